The van der Waals surface area contributed by atoms with Gasteiger partial charge >= 0.3 is 0 Å². The number of hydrogen-bond acceptors (Lipinski definition) is 2. The number of rotatable bonds is 2. The van der Waals surface area contributed by atoms with Crippen molar-refractivity contribution in [3.05, 3.63) is 58.6 Å². The zero-order valence-corrected chi connectivity index (χ0v) is 10.3. The predicted octanol–water partition coefficient (Wildman–Crippen LogP) is 3.45. The molecule has 0 heterocycles. The van der Waals surface area contributed by atoms with Crippen LogP contribution in [0.3, 0.4) is 0 Å². The van der Waals surface area contributed by atoms with Gasteiger partial charge in [-0.1, -0.05) is 11.6 Å². The predicted molar refractivity (Wildman–Crippen MR) is 70.2 cm³/mol. The molecule has 2 aromatic carbocycles. The fourth-order valence-corrected chi connectivity index (χ4v) is 1.66. The summed E-state index contributed by atoms with van der Waals surface area (Å²) in [6.45, 7) is 0. The lowest BCUT2D eigenvalue weighted by molar-refractivity contribution is 0.102. The van der Waals surface area contributed by atoms with Gasteiger partial charge in [0.25, 0.3) is 5.91 Å². The van der Waals surface area contributed by atoms with Crippen molar-refractivity contribution in [3.63, 3.8) is 0 Å². The zero-order chi connectivity index (χ0) is 14.0. The second-order valence-electron chi connectivity index (χ2n) is 3.82. The van der Waals surface area contributed by atoms with Gasteiger partial charge in [-0.25, -0.2) is 8.78 Å². The SMILES string of the molecule is Nc1ccc(F)c(C(=O)Nc2ccc(Cl)cc2F)c1. The molecule has 0 spiro atoms. The van der Waals surface area contributed by atoms with E-state index in [1.807, 2.05) is 0 Å². The van der Waals surface area contributed by atoms with Crippen molar-refractivity contribution in [2.75, 3.05) is 11.1 Å². The average molecular weight is 283 g/mol. The fourth-order valence-electron chi connectivity index (χ4n) is 1.50. The molecule has 0 aliphatic rings. The first-order valence-electron chi connectivity index (χ1n) is 5.29. The largest absolute Gasteiger partial charge is 0.399 e. The third-order valence-electron chi connectivity index (χ3n) is 2.41. The minimum absolute atomic E-state index is 0.0868. The Bertz CT molecular complexity index is 647. The van der Waals surface area contributed by atoms with E-state index in [2.05, 4.69) is 5.32 Å². The van der Waals surface area contributed by atoms with E-state index in [0.29, 0.717) is 0 Å². The van der Waals surface area contributed by atoms with Crippen LogP contribution in [0.25, 0.3) is 0 Å². The molecular formula is C13H9ClF2N2O. The van der Waals surface area contributed by atoms with Crippen molar-refractivity contribution in [2.24, 2.45) is 0 Å². The maximum Gasteiger partial charge on any atom is 0.258 e. The maximum atomic E-state index is 13.5. The van der Waals surface area contributed by atoms with Crippen LogP contribution in [-0.4, -0.2) is 5.91 Å². The van der Waals surface area contributed by atoms with Gasteiger partial charge in [-0.2, -0.15) is 0 Å². The first-order valence-corrected chi connectivity index (χ1v) is 5.66. The van der Waals surface area contributed by atoms with E-state index in [9.17, 15) is 13.6 Å². The lowest BCUT2D eigenvalue weighted by atomic mass is 10.1. The van der Waals surface area contributed by atoms with Gasteiger partial charge < -0.3 is 11.1 Å². The Morgan fingerprint density at radius 1 is 1.11 bits per heavy atom. The van der Waals surface area contributed by atoms with Gasteiger partial charge in [0.1, 0.15) is 11.6 Å². The molecule has 0 fully saturated rings. The summed E-state index contributed by atoms with van der Waals surface area (Å²) >= 11 is 5.59. The van der Waals surface area contributed by atoms with Crippen LogP contribution in [0.1, 0.15) is 10.4 Å². The van der Waals surface area contributed by atoms with Crippen molar-refractivity contribution in [1.29, 1.82) is 0 Å². The molecule has 2 aromatic rings. The summed E-state index contributed by atoms with van der Waals surface area (Å²) in [5, 5.41) is 2.45. The molecular weight excluding hydrogens is 274 g/mol. The Morgan fingerprint density at radius 2 is 1.84 bits per heavy atom. The Balaban J connectivity index is 2.28. The van der Waals surface area contributed by atoms with Crippen LogP contribution in [0.15, 0.2) is 36.4 Å². The van der Waals surface area contributed by atoms with Gasteiger partial charge in [0.2, 0.25) is 0 Å². The Morgan fingerprint density at radius 3 is 2.53 bits per heavy atom. The van der Waals surface area contributed by atoms with Crippen LogP contribution < -0.4 is 11.1 Å². The molecule has 98 valence electrons. The van der Waals surface area contributed by atoms with Crippen LogP contribution >= 0.6 is 11.6 Å². The van der Waals surface area contributed by atoms with Gasteiger partial charge in [0, 0.05) is 10.7 Å². The summed E-state index contributed by atoms with van der Waals surface area (Å²) in [4.78, 5) is 11.8. The van der Waals surface area contributed by atoms with E-state index >= 15 is 0 Å². The molecule has 0 radical (unpaired) electrons. The van der Waals surface area contributed by atoms with Gasteiger partial charge in [0.15, 0.2) is 0 Å². The molecule has 0 unspecified atom stereocenters. The van der Waals surface area contributed by atoms with Crippen molar-refractivity contribution >= 4 is 28.9 Å². The number of nitrogens with one attached hydrogen (secondary N) is 1. The van der Waals surface area contributed by atoms with Crippen molar-refractivity contribution < 1.29 is 13.6 Å². The Hall–Kier alpha value is -2.14. The van der Waals surface area contributed by atoms with E-state index in [-0.39, 0.29) is 22.0 Å². The molecule has 0 atom stereocenters. The molecule has 0 saturated carbocycles. The summed E-state index contributed by atoms with van der Waals surface area (Å²) in [5.74, 6) is -2.22. The first kappa shape index (κ1) is 13.3. The summed E-state index contributed by atoms with van der Waals surface area (Å²) in [5.41, 5.74) is 5.37. The smallest absolute Gasteiger partial charge is 0.258 e. The molecule has 0 aliphatic carbocycles. The second kappa shape index (κ2) is 5.24. The molecule has 0 aliphatic heterocycles. The third-order valence-corrected chi connectivity index (χ3v) is 2.65. The van der Waals surface area contributed by atoms with Crippen LogP contribution in [0, 0.1) is 11.6 Å². The number of carbonyl (C=O) groups excluding carboxylic acids is 1. The number of anilines is 2. The minimum Gasteiger partial charge on any atom is -0.399 e. The number of nitrogen functional groups attached to an aromatic ring is 1. The molecule has 3 nitrogen and oxygen atoms in total. The summed E-state index contributed by atoms with van der Waals surface area (Å²) in [7, 11) is 0. The summed E-state index contributed by atoms with van der Waals surface area (Å²) in [6, 6.07) is 7.33. The fraction of sp³-hybridized carbons (Fsp3) is 0. The first-order chi connectivity index (χ1) is 8.97. The molecule has 19 heavy (non-hydrogen) atoms. The highest BCUT2D eigenvalue weighted by molar-refractivity contribution is 6.30. The molecule has 0 bridgehead atoms. The normalized spacial score (nSPS) is 10.3. The average Bonchev–Trinajstić information content (AvgIpc) is 2.35. The van der Waals surface area contributed by atoms with E-state index in [1.54, 1.807) is 0 Å². The highest BCUT2D eigenvalue weighted by Crippen LogP contribution is 2.20. The van der Waals surface area contributed by atoms with Crippen molar-refractivity contribution in [1.82, 2.24) is 0 Å². The highest BCUT2D eigenvalue weighted by atomic mass is 35.5. The topological polar surface area (TPSA) is 55.1 Å². The van der Waals surface area contributed by atoms with Crippen LogP contribution in [0.4, 0.5) is 20.2 Å². The van der Waals surface area contributed by atoms with E-state index < -0.39 is 17.5 Å². The molecule has 0 aromatic heterocycles. The number of hydrogen-bond donors (Lipinski definition) is 2. The van der Waals surface area contributed by atoms with Crippen LogP contribution in [0.2, 0.25) is 5.02 Å². The van der Waals surface area contributed by atoms with Gasteiger partial charge in [-0.05, 0) is 36.4 Å². The number of benzene rings is 2. The van der Waals surface area contributed by atoms with E-state index in [4.69, 9.17) is 17.3 Å². The maximum absolute atomic E-state index is 13.5. The molecule has 6 heteroatoms. The van der Waals surface area contributed by atoms with E-state index in [1.165, 1.54) is 24.3 Å². The van der Waals surface area contributed by atoms with E-state index in [0.717, 1.165) is 12.1 Å². The standard InChI is InChI=1S/C13H9ClF2N2O/c14-7-1-4-12(11(16)5-7)18-13(19)9-6-8(17)2-3-10(9)15/h1-6H,17H2,(H,18,19). The minimum atomic E-state index is -0.786. The van der Waals surface area contributed by atoms with Gasteiger partial charge in [-0.3, -0.25) is 4.79 Å². The second-order valence-corrected chi connectivity index (χ2v) is 4.25. The lowest BCUT2D eigenvalue weighted by Crippen LogP contribution is -2.15. The summed E-state index contributed by atoms with van der Waals surface area (Å²) < 4.78 is 26.9. The quantitative estimate of drug-likeness (QED) is 0.829. The summed E-state index contributed by atoms with van der Waals surface area (Å²) in [6.07, 6.45) is 0. The van der Waals surface area contributed by atoms with Gasteiger partial charge in [0.05, 0.1) is 11.3 Å². The third kappa shape index (κ3) is 3.00. The molecule has 1 amide bonds. The Labute approximate surface area is 113 Å². The number of carbonyl (C=O) groups is 1. The molecule has 3 N–H and O–H groups in total. The number of nitrogens with two attached hydrogens (primary N) is 1. The van der Waals surface area contributed by atoms with Crippen LogP contribution in [-0.2, 0) is 0 Å². The highest BCUT2D eigenvalue weighted by Gasteiger charge is 2.14. The Kier molecular flexibility index (Phi) is 3.66. The monoisotopic (exact) mass is 282 g/mol. The number of halogens is 3. The van der Waals surface area contributed by atoms with Crippen molar-refractivity contribution in [3.8, 4) is 0 Å². The lowest BCUT2D eigenvalue weighted by Gasteiger charge is -2.08. The molecule has 0 saturated heterocycles. The van der Waals surface area contributed by atoms with Crippen LogP contribution in [0.5, 0.6) is 0 Å². The molecule has 2 rings (SSSR count). The van der Waals surface area contributed by atoms with Crippen molar-refractivity contribution in [2.45, 2.75) is 0 Å². The van der Waals surface area contributed by atoms with Gasteiger partial charge in [-0.15, -0.1) is 0 Å². The number of amides is 1. The zero-order valence-electron chi connectivity index (χ0n) is 9.58.